The van der Waals surface area contributed by atoms with Gasteiger partial charge in [-0.3, -0.25) is 18.6 Å². The van der Waals surface area contributed by atoms with Crippen molar-refractivity contribution >= 4 is 19.8 Å². The third-order valence-corrected chi connectivity index (χ3v) is 9.92. The molecule has 0 aliphatic carbocycles. The molecule has 0 aromatic carbocycles. The molecule has 0 aromatic heterocycles. The molecule has 0 aliphatic heterocycles. The maximum absolute atomic E-state index is 12.7. The molecule has 0 radical (unpaired) electrons. The Bertz CT molecular complexity index is 1260. The number of carbonyl (C=O) groups is 2. The molecule has 0 aromatic rings. The maximum Gasteiger partial charge on any atom is 0.472 e. The monoisotopic (exact) mass is 833 g/mol. The molecule has 332 valence electrons. The predicted octanol–water partition coefficient (Wildman–Crippen LogP) is 12.8. The van der Waals surface area contributed by atoms with Crippen LogP contribution in [0.5, 0.6) is 0 Å². The number of ether oxygens (including phenoxy) is 2. The molecule has 0 spiro atoms. The van der Waals surface area contributed by atoms with Crippen LogP contribution in [-0.2, 0) is 32.7 Å². The summed E-state index contributed by atoms with van der Waals surface area (Å²) < 4.78 is 34.2. The van der Waals surface area contributed by atoms with Crippen LogP contribution in [0.4, 0.5) is 0 Å². The summed E-state index contributed by atoms with van der Waals surface area (Å²) in [5.41, 5.74) is 0. The minimum Gasteiger partial charge on any atom is -0.462 e. The molecule has 0 aliphatic rings. The number of phosphoric ester groups is 1. The third-order valence-electron chi connectivity index (χ3n) is 8.94. The van der Waals surface area contributed by atoms with Crippen LogP contribution in [0.25, 0.3) is 0 Å². The van der Waals surface area contributed by atoms with Crippen LogP contribution in [0.2, 0.25) is 0 Å². The van der Waals surface area contributed by atoms with Gasteiger partial charge >= 0.3 is 19.8 Å². The van der Waals surface area contributed by atoms with E-state index in [0.29, 0.717) is 23.9 Å². The average molecular weight is 833 g/mol. The van der Waals surface area contributed by atoms with Crippen molar-refractivity contribution in [3.8, 4) is 0 Å². The lowest BCUT2D eigenvalue weighted by atomic mass is 10.1. The fourth-order valence-corrected chi connectivity index (χ4v) is 6.14. The topological polar surface area (TPSA) is 108 Å². The summed E-state index contributed by atoms with van der Waals surface area (Å²) in [5.74, 6) is -0.921. The number of likely N-dealkylation sites (N-methyl/N-ethyl adjacent to an activating group) is 1. The number of quaternary nitrogens is 1. The number of nitrogens with zero attached hydrogens (tertiary/aromatic N) is 1. The fourth-order valence-electron chi connectivity index (χ4n) is 5.40. The van der Waals surface area contributed by atoms with Gasteiger partial charge in [0.2, 0.25) is 0 Å². The molecule has 0 rings (SSSR count). The van der Waals surface area contributed by atoms with E-state index in [1.165, 1.54) is 51.4 Å². The van der Waals surface area contributed by atoms with E-state index in [9.17, 15) is 19.0 Å². The van der Waals surface area contributed by atoms with Crippen LogP contribution in [0, 0.1) is 0 Å². The Morgan fingerprint density at radius 1 is 0.552 bits per heavy atom. The molecule has 0 amide bonds. The number of unbranched alkanes of at least 4 members (excludes halogenated alkanes) is 12. The van der Waals surface area contributed by atoms with Crippen molar-refractivity contribution in [3.63, 3.8) is 0 Å². The van der Waals surface area contributed by atoms with Crippen molar-refractivity contribution in [2.75, 3.05) is 47.5 Å². The first kappa shape index (κ1) is 55.2. The Hall–Kier alpha value is -2.81. The van der Waals surface area contributed by atoms with Crippen molar-refractivity contribution in [3.05, 3.63) is 85.1 Å². The van der Waals surface area contributed by atoms with Crippen molar-refractivity contribution in [2.24, 2.45) is 0 Å². The number of hydrogen-bond donors (Lipinski definition) is 1. The quantitative estimate of drug-likeness (QED) is 0.0163. The van der Waals surface area contributed by atoms with E-state index in [4.69, 9.17) is 18.5 Å². The summed E-state index contributed by atoms with van der Waals surface area (Å²) in [6.45, 7) is 4.25. The molecule has 0 fully saturated rings. The molecule has 0 heterocycles. The molecular formula is C48H83NO8P+. The van der Waals surface area contributed by atoms with E-state index in [0.717, 1.165) is 64.2 Å². The summed E-state index contributed by atoms with van der Waals surface area (Å²) in [4.78, 5) is 35.3. The highest BCUT2D eigenvalue weighted by molar-refractivity contribution is 7.47. The highest BCUT2D eigenvalue weighted by atomic mass is 31.2. The molecule has 2 atom stereocenters. The number of phosphoric acid groups is 1. The summed E-state index contributed by atoms with van der Waals surface area (Å²) >= 11 is 0. The van der Waals surface area contributed by atoms with Gasteiger partial charge in [-0.25, -0.2) is 4.57 Å². The first-order valence-corrected chi connectivity index (χ1v) is 23.8. The van der Waals surface area contributed by atoms with E-state index in [1.807, 2.05) is 33.3 Å². The standard InChI is InChI=1S/C48H82NO8P/c1-6-8-10-12-14-16-18-20-22-23-24-25-27-28-30-32-34-36-38-40-47(50)54-44-46(45-56-58(52,53)55-43-42-49(3,4)5)57-48(51)41-39-37-35-33-31-29-26-21-19-17-15-13-11-9-7-2/h14,16-17,19-22,24-26,28,30,34,36,46H,6-13,15,18,23,27,29,31-33,35,37-45H2,1-5H3/p+1/b16-14+,19-17+,22-20+,25-24+,26-21+,30-28+,36-34+/t46-/m1/s1. The van der Waals surface area contributed by atoms with E-state index in [1.54, 1.807) is 0 Å². The second kappa shape index (κ2) is 39.6. The van der Waals surface area contributed by atoms with Gasteiger partial charge in [-0.1, -0.05) is 150 Å². The van der Waals surface area contributed by atoms with Crippen LogP contribution in [0.1, 0.15) is 155 Å². The zero-order valence-electron chi connectivity index (χ0n) is 37.2. The van der Waals surface area contributed by atoms with E-state index in [-0.39, 0.29) is 26.1 Å². The summed E-state index contributed by atoms with van der Waals surface area (Å²) in [7, 11) is 1.41. The van der Waals surface area contributed by atoms with Gasteiger partial charge in [-0.15, -0.1) is 0 Å². The van der Waals surface area contributed by atoms with E-state index < -0.39 is 32.5 Å². The molecular weight excluding hydrogens is 750 g/mol. The van der Waals surface area contributed by atoms with Crippen molar-refractivity contribution in [1.29, 1.82) is 0 Å². The van der Waals surface area contributed by atoms with Crippen LogP contribution in [0.15, 0.2) is 85.1 Å². The minimum absolute atomic E-state index is 0.0131. The Morgan fingerprint density at radius 2 is 1.02 bits per heavy atom. The van der Waals surface area contributed by atoms with Gasteiger partial charge in [0.15, 0.2) is 6.10 Å². The maximum atomic E-state index is 12.7. The van der Waals surface area contributed by atoms with Crippen LogP contribution < -0.4 is 0 Å². The number of esters is 2. The van der Waals surface area contributed by atoms with Gasteiger partial charge in [0, 0.05) is 12.8 Å². The Morgan fingerprint density at radius 3 is 1.59 bits per heavy atom. The van der Waals surface area contributed by atoms with Gasteiger partial charge in [-0.2, -0.15) is 0 Å². The van der Waals surface area contributed by atoms with Gasteiger partial charge < -0.3 is 18.9 Å². The molecule has 9 nitrogen and oxygen atoms in total. The molecule has 0 saturated carbocycles. The number of allylic oxidation sites excluding steroid dienone is 14. The number of hydrogen-bond acceptors (Lipinski definition) is 7. The first-order valence-electron chi connectivity index (χ1n) is 22.3. The first-order chi connectivity index (χ1) is 28.0. The Balaban J connectivity index is 4.52. The predicted molar refractivity (Wildman–Crippen MR) is 242 cm³/mol. The van der Waals surface area contributed by atoms with Gasteiger partial charge in [0.25, 0.3) is 0 Å². The van der Waals surface area contributed by atoms with Crippen molar-refractivity contribution in [2.45, 2.75) is 161 Å². The second-order valence-electron chi connectivity index (χ2n) is 15.8. The molecule has 0 saturated heterocycles. The highest BCUT2D eigenvalue weighted by Crippen LogP contribution is 2.43. The SMILES string of the molecule is CCCCC/C=C/C/C=C/C/C=C/C/C=C/C/C=C/CCC(=O)OC[C@H](COP(=O)(O)OCC[N+](C)(C)C)OC(=O)CCCCCCC/C=C/C=C/CCCCCC. The number of carbonyl (C=O) groups excluding carboxylic acids is 2. The third kappa shape index (κ3) is 42.8. The van der Waals surface area contributed by atoms with Gasteiger partial charge in [0.05, 0.1) is 27.7 Å². The van der Waals surface area contributed by atoms with Crippen molar-refractivity contribution < 1.29 is 42.1 Å². The van der Waals surface area contributed by atoms with Crippen LogP contribution in [-0.4, -0.2) is 74.9 Å². The zero-order valence-corrected chi connectivity index (χ0v) is 38.1. The molecule has 1 N–H and O–H groups in total. The lowest BCUT2D eigenvalue weighted by molar-refractivity contribution is -0.870. The van der Waals surface area contributed by atoms with Gasteiger partial charge in [-0.05, 0) is 77.0 Å². The summed E-state index contributed by atoms with van der Waals surface area (Å²) in [6, 6.07) is 0. The zero-order chi connectivity index (χ0) is 42.8. The van der Waals surface area contributed by atoms with Crippen LogP contribution in [0.3, 0.4) is 0 Å². The van der Waals surface area contributed by atoms with E-state index >= 15 is 0 Å². The largest absolute Gasteiger partial charge is 0.472 e. The molecule has 1 unspecified atom stereocenters. The second-order valence-corrected chi connectivity index (χ2v) is 17.2. The average Bonchev–Trinajstić information content (AvgIpc) is 3.17. The molecule has 0 bridgehead atoms. The molecule has 10 heteroatoms. The summed E-state index contributed by atoms with van der Waals surface area (Å²) in [6.07, 6.45) is 50.7. The van der Waals surface area contributed by atoms with Crippen LogP contribution >= 0.6 is 7.82 Å². The Kier molecular flexibility index (Phi) is 37.7. The smallest absolute Gasteiger partial charge is 0.462 e. The van der Waals surface area contributed by atoms with E-state index in [2.05, 4.69) is 86.8 Å². The van der Waals surface area contributed by atoms with Gasteiger partial charge in [0.1, 0.15) is 19.8 Å². The highest BCUT2D eigenvalue weighted by Gasteiger charge is 2.27. The normalized spacial score (nSPS) is 14.4. The Labute approximate surface area is 354 Å². The minimum atomic E-state index is -4.40. The lowest BCUT2D eigenvalue weighted by Gasteiger charge is -2.24. The lowest BCUT2D eigenvalue weighted by Crippen LogP contribution is -2.37. The fraction of sp³-hybridized carbons (Fsp3) is 0.667. The number of rotatable bonds is 39. The van der Waals surface area contributed by atoms with Crippen molar-refractivity contribution in [1.82, 2.24) is 0 Å². The summed E-state index contributed by atoms with van der Waals surface area (Å²) in [5, 5.41) is 0. The molecule has 58 heavy (non-hydrogen) atoms.